The second-order valence-corrected chi connectivity index (χ2v) is 7.89. The Bertz CT molecular complexity index is 813. The number of rotatable bonds is 6. The molecule has 138 valence electrons. The summed E-state index contributed by atoms with van der Waals surface area (Å²) in [5.74, 6) is 0.982. The molecule has 2 atom stereocenters. The van der Waals surface area contributed by atoms with Gasteiger partial charge in [0.15, 0.2) is 11.5 Å². The van der Waals surface area contributed by atoms with E-state index in [-0.39, 0.29) is 23.5 Å². The average molecular weight is 394 g/mol. The van der Waals surface area contributed by atoms with Crippen LogP contribution in [0.3, 0.4) is 0 Å². The Balaban J connectivity index is 1.57. The van der Waals surface area contributed by atoms with Gasteiger partial charge in [-0.3, -0.25) is 9.00 Å². The molecule has 7 heteroatoms. The topological polar surface area (TPSA) is 64.6 Å². The first kappa shape index (κ1) is 18.7. The molecule has 0 spiro atoms. The fourth-order valence-corrected chi connectivity index (χ4v) is 4.04. The van der Waals surface area contributed by atoms with Gasteiger partial charge in [0, 0.05) is 16.6 Å². The second kappa shape index (κ2) is 8.56. The molecule has 26 heavy (non-hydrogen) atoms. The molecular formula is C19H20ClNO4S. The van der Waals surface area contributed by atoms with Crippen LogP contribution in [0.15, 0.2) is 42.5 Å². The van der Waals surface area contributed by atoms with E-state index in [1.54, 1.807) is 12.1 Å². The fourth-order valence-electron chi connectivity index (χ4n) is 2.74. The van der Waals surface area contributed by atoms with Crippen molar-refractivity contribution in [3.63, 3.8) is 0 Å². The molecule has 2 unspecified atom stereocenters. The Labute approximate surface area is 160 Å². The zero-order chi connectivity index (χ0) is 18.5. The lowest BCUT2D eigenvalue weighted by atomic mass is 10.1. The molecule has 2 aromatic rings. The molecule has 2 aromatic carbocycles. The van der Waals surface area contributed by atoms with Crippen molar-refractivity contribution < 1.29 is 18.5 Å². The summed E-state index contributed by atoms with van der Waals surface area (Å²) < 4.78 is 23.3. The van der Waals surface area contributed by atoms with Crippen LogP contribution in [0.4, 0.5) is 0 Å². The largest absolute Gasteiger partial charge is 0.486 e. The Morgan fingerprint density at radius 1 is 1.23 bits per heavy atom. The lowest BCUT2D eigenvalue weighted by Crippen LogP contribution is -2.31. The maximum absolute atomic E-state index is 12.4. The van der Waals surface area contributed by atoms with Crippen molar-refractivity contribution >= 4 is 28.3 Å². The number of hydrogen-bond acceptors (Lipinski definition) is 4. The highest BCUT2D eigenvalue weighted by atomic mass is 35.5. The molecule has 5 nitrogen and oxygen atoms in total. The van der Waals surface area contributed by atoms with Gasteiger partial charge in [0.05, 0.1) is 11.1 Å². The van der Waals surface area contributed by atoms with E-state index in [4.69, 9.17) is 21.1 Å². The monoisotopic (exact) mass is 393 g/mol. The number of amides is 1. The third-order valence-corrected chi connectivity index (χ3v) is 5.47. The number of nitrogens with one attached hydrogen (secondary N) is 1. The molecule has 0 aromatic heterocycles. The van der Waals surface area contributed by atoms with Crippen LogP contribution in [0.1, 0.15) is 24.1 Å². The molecule has 0 bridgehead atoms. The van der Waals surface area contributed by atoms with E-state index in [1.807, 2.05) is 37.3 Å². The average Bonchev–Trinajstić information content (AvgIpc) is 2.62. The Morgan fingerprint density at radius 2 is 1.96 bits per heavy atom. The molecule has 1 N–H and O–H groups in total. The lowest BCUT2D eigenvalue weighted by Gasteiger charge is -2.20. The normalized spacial score (nSPS) is 15.2. The van der Waals surface area contributed by atoms with E-state index in [0.29, 0.717) is 29.7 Å². The minimum atomic E-state index is -1.35. The maximum atomic E-state index is 12.4. The number of hydrogen-bond donors (Lipinski definition) is 1. The lowest BCUT2D eigenvalue weighted by molar-refractivity contribution is -0.119. The Kier molecular flexibility index (Phi) is 6.16. The van der Waals surface area contributed by atoms with Gasteiger partial charge < -0.3 is 14.8 Å². The Hall–Kier alpha value is -2.05. The molecule has 0 saturated heterocycles. The van der Waals surface area contributed by atoms with Crippen molar-refractivity contribution in [1.82, 2.24) is 5.32 Å². The summed E-state index contributed by atoms with van der Waals surface area (Å²) in [5.41, 5.74) is 1.76. The van der Waals surface area contributed by atoms with Crippen molar-refractivity contribution in [2.75, 3.05) is 19.0 Å². The third kappa shape index (κ3) is 4.77. The molecule has 1 aliphatic heterocycles. The summed E-state index contributed by atoms with van der Waals surface area (Å²) in [6.45, 7) is 2.81. The first-order valence-electron chi connectivity index (χ1n) is 8.30. The zero-order valence-corrected chi connectivity index (χ0v) is 15.9. The van der Waals surface area contributed by atoms with Gasteiger partial charge in [-0.1, -0.05) is 41.9 Å². The van der Waals surface area contributed by atoms with Crippen LogP contribution < -0.4 is 14.8 Å². The summed E-state index contributed by atoms with van der Waals surface area (Å²) in [6, 6.07) is 13.0. The van der Waals surface area contributed by atoms with Gasteiger partial charge in [-0.15, -0.1) is 0 Å². The van der Waals surface area contributed by atoms with Crippen molar-refractivity contribution in [3.05, 3.63) is 58.6 Å². The molecule has 1 amide bonds. The van der Waals surface area contributed by atoms with Crippen molar-refractivity contribution in [1.29, 1.82) is 0 Å². The molecule has 0 radical (unpaired) electrons. The molecule has 0 saturated carbocycles. The van der Waals surface area contributed by atoms with Crippen molar-refractivity contribution in [2.24, 2.45) is 0 Å². The van der Waals surface area contributed by atoms with Crippen LogP contribution in [0.25, 0.3) is 0 Å². The quantitative estimate of drug-likeness (QED) is 0.818. The van der Waals surface area contributed by atoms with Gasteiger partial charge in [-0.2, -0.15) is 0 Å². The summed E-state index contributed by atoms with van der Waals surface area (Å²) in [5, 5.41) is 3.30. The van der Waals surface area contributed by atoms with E-state index in [1.165, 1.54) is 0 Å². The molecule has 0 aliphatic carbocycles. The highest BCUT2D eigenvalue weighted by molar-refractivity contribution is 7.84. The number of halogens is 1. The van der Waals surface area contributed by atoms with E-state index in [2.05, 4.69) is 5.32 Å². The molecule has 1 heterocycles. The van der Waals surface area contributed by atoms with Gasteiger partial charge in [0.1, 0.15) is 19.0 Å². The van der Waals surface area contributed by atoms with Crippen molar-refractivity contribution in [2.45, 2.75) is 18.7 Å². The number of ether oxygens (including phenoxy) is 2. The van der Waals surface area contributed by atoms with Crippen LogP contribution in [-0.2, 0) is 21.3 Å². The van der Waals surface area contributed by atoms with Crippen molar-refractivity contribution in [3.8, 4) is 11.5 Å². The first-order chi connectivity index (χ1) is 12.5. The van der Waals surface area contributed by atoms with E-state index in [0.717, 1.165) is 11.1 Å². The number of benzene rings is 2. The summed E-state index contributed by atoms with van der Waals surface area (Å²) >= 11 is 6.19. The van der Waals surface area contributed by atoms with Gasteiger partial charge in [-0.25, -0.2) is 0 Å². The minimum Gasteiger partial charge on any atom is -0.486 e. The van der Waals surface area contributed by atoms with Gasteiger partial charge >= 0.3 is 0 Å². The van der Waals surface area contributed by atoms with Crippen LogP contribution in [-0.4, -0.2) is 29.1 Å². The molecule has 0 fully saturated rings. The van der Waals surface area contributed by atoms with Gasteiger partial charge in [0.2, 0.25) is 5.91 Å². The predicted molar refractivity (Wildman–Crippen MR) is 102 cm³/mol. The highest BCUT2D eigenvalue weighted by Gasteiger charge is 2.18. The standard InChI is InChI=1S/C19H20ClNO4S/c1-13(15-5-3-2-4-6-15)21-18(22)12-26(23)11-14-9-16(20)19-17(10-14)24-7-8-25-19/h2-6,9-10,13H,7-8,11-12H2,1H3,(H,21,22). The third-order valence-electron chi connectivity index (χ3n) is 3.95. The van der Waals surface area contributed by atoms with E-state index in [9.17, 15) is 9.00 Å². The smallest absolute Gasteiger partial charge is 0.233 e. The predicted octanol–water partition coefficient (Wildman–Crippen LogP) is 3.24. The zero-order valence-electron chi connectivity index (χ0n) is 14.4. The second-order valence-electron chi connectivity index (χ2n) is 6.03. The van der Waals surface area contributed by atoms with Crippen LogP contribution in [0, 0.1) is 0 Å². The van der Waals surface area contributed by atoms with E-state index < -0.39 is 10.8 Å². The summed E-state index contributed by atoms with van der Waals surface area (Å²) in [7, 11) is -1.35. The van der Waals surface area contributed by atoms with Gasteiger partial charge in [0.25, 0.3) is 0 Å². The van der Waals surface area contributed by atoms with Crippen LogP contribution in [0.5, 0.6) is 11.5 Å². The maximum Gasteiger partial charge on any atom is 0.233 e. The van der Waals surface area contributed by atoms with Crippen LogP contribution in [0.2, 0.25) is 5.02 Å². The summed E-state index contributed by atoms with van der Waals surface area (Å²) in [4.78, 5) is 12.2. The van der Waals surface area contributed by atoms with Crippen LogP contribution >= 0.6 is 11.6 Å². The molecule has 1 aliphatic rings. The summed E-state index contributed by atoms with van der Waals surface area (Å²) in [6.07, 6.45) is 0. The van der Waals surface area contributed by atoms with E-state index >= 15 is 0 Å². The molecule has 3 rings (SSSR count). The number of carbonyl (C=O) groups is 1. The number of fused-ring (bicyclic) bond motifs is 1. The SMILES string of the molecule is CC(NC(=O)CS(=O)Cc1cc(Cl)c2c(c1)OCCO2)c1ccccc1. The first-order valence-corrected chi connectivity index (χ1v) is 10.2. The van der Waals surface area contributed by atoms with Gasteiger partial charge in [-0.05, 0) is 30.2 Å². The Morgan fingerprint density at radius 3 is 2.73 bits per heavy atom. The molecular weight excluding hydrogens is 374 g/mol. The highest BCUT2D eigenvalue weighted by Crippen LogP contribution is 2.38. The number of carbonyl (C=O) groups excluding carboxylic acids is 1. The minimum absolute atomic E-state index is 0.0662. The fraction of sp³-hybridized carbons (Fsp3) is 0.316.